The van der Waals surface area contributed by atoms with Crippen molar-refractivity contribution in [1.82, 2.24) is 9.80 Å². The zero-order valence-electron chi connectivity index (χ0n) is 16.2. The molecule has 6 heteroatoms. The monoisotopic (exact) mass is 383 g/mol. The summed E-state index contributed by atoms with van der Waals surface area (Å²) in [6, 6.07) is 12.4. The van der Waals surface area contributed by atoms with Gasteiger partial charge in [-0.05, 0) is 54.8 Å². The van der Waals surface area contributed by atoms with E-state index in [2.05, 4.69) is 10.2 Å². The van der Waals surface area contributed by atoms with Gasteiger partial charge in [0.15, 0.2) is 0 Å². The number of benzene rings is 2. The molecule has 4 rings (SSSR count). The van der Waals surface area contributed by atoms with Gasteiger partial charge in [-0.15, -0.1) is 0 Å². The van der Waals surface area contributed by atoms with Crippen molar-refractivity contribution in [3.63, 3.8) is 0 Å². The van der Waals surface area contributed by atoms with Crippen LogP contribution in [0.3, 0.4) is 0 Å². The summed E-state index contributed by atoms with van der Waals surface area (Å²) in [5.74, 6) is 0.701. The number of anilines is 1. The second-order valence-electron chi connectivity index (χ2n) is 7.63. The lowest BCUT2D eigenvalue weighted by molar-refractivity contribution is 0.211. The number of hydrogen-bond donors (Lipinski definition) is 1. The molecule has 5 nitrogen and oxygen atoms in total. The molecule has 2 aliphatic rings. The number of ether oxygens (including phenoxy) is 1. The van der Waals surface area contributed by atoms with Gasteiger partial charge in [-0.2, -0.15) is 0 Å². The fourth-order valence-corrected chi connectivity index (χ4v) is 3.88. The van der Waals surface area contributed by atoms with Gasteiger partial charge in [-0.3, -0.25) is 4.90 Å². The van der Waals surface area contributed by atoms with Crippen LogP contribution in [0.15, 0.2) is 42.5 Å². The normalized spacial score (nSPS) is 19.6. The van der Waals surface area contributed by atoms with Crippen molar-refractivity contribution in [3.8, 4) is 5.75 Å². The van der Waals surface area contributed by atoms with E-state index in [1.54, 1.807) is 0 Å². The Balaban J connectivity index is 1.32. The van der Waals surface area contributed by atoms with E-state index < -0.39 is 0 Å². The Morgan fingerprint density at radius 1 is 1.14 bits per heavy atom. The molecule has 2 aromatic carbocycles. The third kappa shape index (κ3) is 4.44. The van der Waals surface area contributed by atoms with Crippen molar-refractivity contribution >= 4 is 11.7 Å². The van der Waals surface area contributed by atoms with Crippen molar-refractivity contribution < 1.29 is 13.9 Å². The number of halogens is 1. The molecule has 0 unspecified atom stereocenters. The Morgan fingerprint density at radius 2 is 1.96 bits per heavy atom. The maximum Gasteiger partial charge on any atom is 0.321 e. The summed E-state index contributed by atoms with van der Waals surface area (Å²) in [6.07, 6.45) is 1.99. The minimum Gasteiger partial charge on any atom is -0.490 e. The van der Waals surface area contributed by atoms with Gasteiger partial charge in [0.25, 0.3) is 0 Å². The van der Waals surface area contributed by atoms with E-state index in [1.165, 1.54) is 12.1 Å². The number of fused-ring (bicyclic) bond motifs is 1. The lowest BCUT2D eigenvalue weighted by atomic mass is 10.1. The molecule has 0 aliphatic carbocycles. The molecule has 2 heterocycles. The molecule has 1 fully saturated rings. The topological polar surface area (TPSA) is 44.8 Å². The molecule has 1 N–H and O–H groups in total. The minimum atomic E-state index is -0.213. The smallest absolute Gasteiger partial charge is 0.321 e. The van der Waals surface area contributed by atoms with E-state index in [0.717, 1.165) is 61.6 Å². The molecule has 0 spiro atoms. The number of amides is 2. The molecule has 2 amide bonds. The van der Waals surface area contributed by atoms with Crippen LogP contribution in [0.25, 0.3) is 0 Å². The van der Waals surface area contributed by atoms with Gasteiger partial charge in [0.1, 0.15) is 17.7 Å². The van der Waals surface area contributed by atoms with E-state index in [1.807, 2.05) is 42.2 Å². The van der Waals surface area contributed by atoms with Crippen LogP contribution >= 0.6 is 0 Å². The van der Waals surface area contributed by atoms with Crippen LogP contribution in [0.1, 0.15) is 24.5 Å². The summed E-state index contributed by atoms with van der Waals surface area (Å²) >= 11 is 0. The van der Waals surface area contributed by atoms with E-state index >= 15 is 0 Å². The molecule has 2 aliphatic heterocycles. The molecular weight excluding hydrogens is 357 g/mol. The Hall–Kier alpha value is -2.60. The molecule has 0 radical (unpaired) electrons. The lowest BCUT2D eigenvalue weighted by Crippen LogP contribution is -2.38. The standard InChI is InChI=1S/C22H26FN3O2/c1-16-13-18-14-20(7-8-21(18)28-16)24-22(27)26-10-2-9-25(11-12-26)15-17-3-5-19(23)6-4-17/h3-8,14,16H,2,9-13,15H2,1H3,(H,24,27)/t16-/m1/s1. The van der Waals surface area contributed by atoms with E-state index in [9.17, 15) is 9.18 Å². The molecule has 2 aromatic rings. The second-order valence-corrected chi connectivity index (χ2v) is 7.63. The summed E-state index contributed by atoms with van der Waals surface area (Å²) in [7, 11) is 0. The van der Waals surface area contributed by atoms with Crippen molar-refractivity contribution in [2.75, 3.05) is 31.5 Å². The first-order chi connectivity index (χ1) is 13.6. The van der Waals surface area contributed by atoms with Crippen LogP contribution in [0, 0.1) is 5.82 Å². The number of rotatable bonds is 3. The van der Waals surface area contributed by atoms with Crippen LogP contribution in [0.2, 0.25) is 0 Å². The molecular formula is C22H26FN3O2. The maximum atomic E-state index is 13.1. The van der Waals surface area contributed by atoms with Gasteiger partial charge in [-0.25, -0.2) is 9.18 Å². The molecule has 1 saturated heterocycles. The van der Waals surface area contributed by atoms with Crippen molar-refractivity contribution in [3.05, 3.63) is 59.4 Å². The third-order valence-corrected chi connectivity index (χ3v) is 5.34. The first kappa shape index (κ1) is 18.7. The van der Waals surface area contributed by atoms with Crippen LogP contribution in [0.4, 0.5) is 14.9 Å². The van der Waals surface area contributed by atoms with Gasteiger partial charge in [0.2, 0.25) is 0 Å². The fraction of sp³-hybridized carbons (Fsp3) is 0.409. The van der Waals surface area contributed by atoms with Gasteiger partial charge in [0, 0.05) is 44.8 Å². The predicted molar refractivity (Wildman–Crippen MR) is 107 cm³/mol. The first-order valence-electron chi connectivity index (χ1n) is 9.89. The number of nitrogens with one attached hydrogen (secondary N) is 1. The van der Waals surface area contributed by atoms with Crippen LogP contribution < -0.4 is 10.1 Å². The van der Waals surface area contributed by atoms with Crippen LogP contribution in [0.5, 0.6) is 5.75 Å². The van der Waals surface area contributed by atoms with Crippen molar-refractivity contribution in [2.45, 2.75) is 32.4 Å². The zero-order valence-corrected chi connectivity index (χ0v) is 16.2. The number of hydrogen-bond acceptors (Lipinski definition) is 3. The molecule has 0 saturated carbocycles. The Labute approximate surface area is 165 Å². The number of nitrogens with zero attached hydrogens (tertiary/aromatic N) is 2. The average Bonchev–Trinajstić information content (AvgIpc) is 2.89. The SMILES string of the molecule is C[C@@H]1Cc2cc(NC(=O)N3CCCN(Cc4ccc(F)cc4)CC3)ccc2O1. The Bertz CT molecular complexity index is 840. The quantitative estimate of drug-likeness (QED) is 0.875. The van der Waals surface area contributed by atoms with Crippen molar-refractivity contribution in [1.29, 1.82) is 0 Å². The van der Waals surface area contributed by atoms with Gasteiger partial charge >= 0.3 is 6.03 Å². The van der Waals surface area contributed by atoms with Gasteiger partial charge in [0.05, 0.1) is 0 Å². The van der Waals surface area contributed by atoms with Crippen LogP contribution in [-0.4, -0.2) is 48.1 Å². The van der Waals surface area contributed by atoms with E-state index in [4.69, 9.17) is 4.74 Å². The molecule has 148 valence electrons. The van der Waals surface area contributed by atoms with E-state index in [0.29, 0.717) is 6.54 Å². The second kappa shape index (κ2) is 8.19. The summed E-state index contributed by atoms with van der Waals surface area (Å²) in [5, 5.41) is 3.03. The minimum absolute atomic E-state index is 0.0597. The third-order valence-electron chi connectivity index (χ3n) is 5.34. The Morgan fingerprint density at radius 3 is 2.79 bits per heavy atom. The molecule has 28 heavy (non-hydrogen) atoms. The Kier molecular flexibility index (Phi) is 5.48. The highest BCUT2D eigenvalue weighted by molar-refractivity contribution is 5.89. The number of urea groups is 1. The van der Waals surface area contributed by atoms with Crippen molar-refractivity contribution in [2.24, 2.45) is 0 Å². The zero-order chi connectivity index (χ0) is 19.5. The van der Waals surface area contributed by atoms with E-state index in [-0.39, 0.29) is 18.0 Å². The average molecular weight is 383 g/mol. The van der Waals surface area contributed by atoms with Gasteiger partial charge < -0.3 is 15.0 Å². The highest BCUT2D eigenvalue weighted by Gasteiger charge is 2.22. The number of carbonyl (C=O) groups excluding carboxylic acids is 1. The highest BCUT2D eigenvalue weighted by Crippen LogP contribution is 2.31. The summed E-state index contributed by atoms with van der Waals surface area (Å²) in [5.41, 5.74) is 3.05. The maximum absolute atomic E-state index is 13.1. The van der Waals surface area contributed by atoms with Gasteiger partial charge in [-0.1, -0.05) is 12.1 Å². The number of carbonyl (C=O) groups is 1. The largest absolute Gasteiger partial charge is 0.490 e. The highest BCUT2D eigenvalue weighted by atomic mass is 19.1. The predicted octanol–water partition coefficient (Wildman–Crippen LogP) is 3.89. The molecule has 1 atom stereocenters. The lowest BCUT2D eigenvalue weighted by Gasteiger charge is -2.22. The first-order valence-corrected chi connectivity index (χ1v) is 9.89. The summed E-state index contributed by atoms with van der Waals surface area (Å²) < 4.78 is 18.8. The summed E-state index contributed by atoms with van der Waals surface area (Å²) in [4.78, 5) is 16.9. The molecule has 0 bridgehead atoms. The van der Waals surface area contributed by atoms with Crippen LogP contribution in [-0.2, 0) is 13.0 Å². The molecule has 0 aromatic heterocycles. The fourth-order valence-electron chi connectivity index (χ4n) is 3.88. The summed E-state index contributed by atoms with van der Waals surface area (Å²) in [6.45, 7) is 5.97.